The van der Waals surface area contributed by atoms with E-state index in [1.165, 1.54) is 0 Å². The van der Waals surface area contributed by atoms with E-state index < -0.39 is 6.17 Å². The summed E-state index contributed by atoms with van der Waals surface area (Å²) in [4.78, 5) is 11.1. The van der Waals surface area contributed by atoms with Crippen LogP contribution in [-0.2, 0) is 4.74 Å². The molecule has 0 spiro atoms. The Balaban J connectivity index is 1.54. The van der Waals surface area contributed by atoms with Crippen molar-refractivity contribution in [1.29, 1.82) is 0 Å². The van der Waals surface area contributed by atoms with E-state index in [1.807, 2.05) is 4.90 Å². The number of fused-ring (bicyclic) bond motifs is 1. The molecule has 10 nitrogen and oxygen atoms in total. The fourth-order valence-electron chi connectivity index (χ4n) is 3.46. The lowest BCUT2D eigenvalue weighted by atomic mass is 10.1. The van der Waals surface area contributed by atoms with Crippen LogP contribution in [0.1, 0.15) is 6.42 Å². The van der Waals surface area contributed by atoms with Gasteiger partial charge in [-0.3, -0.25) is 5.10 Å². The number of aliphatic hydroxyl groups excluding tert-OH is 1. The van der Waals surface area contributed by atoms with Gasteiger partial charge < -0.3 is 20.1 Å². The molecule has 2 fully saturated rings. The molecular formula is C16H19FN8O2. The van der Waals surface area contributed by atoms with E-state index in [2.05, 4.69) is 30.6 Å². The summed E-state index contributed by atoms with van der Waals surface area (Å²) in [6.07, 6.45) is 4.09. The Morgan fingerprint density at radius 2 is 2.26 bits per heavy atom. The van der Waals surface area contributed by atoms with E-state index in [0.29, 0.717) is 43.4 Å². The summed E-state index contributed by atoms with van der Waals surface area (Å²) in [5, 5.41) is 24.0. The van der Waals surface area contributed by atoms with E-state index >= 15 is 0 Å². The highest BCUT2D eigenvalue weighted by Gasteiger charge is 2.31. The van der Waals surface area contributed by atoms with Gasteiger partial charge in [0.05, 0.1) is 24.9 Å². The molecule has 3 N–H and O–H groups in total. The van der Waals surface area contributed by atoms with Gasteiger partial charge in [0.25, 0.3) is 0 Å². The summed E-state index contributed by atoms with van der Waals surface area (Å²) < 4.78 is 20.8. The second-order valence-corrected chi connectivity index (χ2v) is 6.82. The third-order valence-corrected chi connectivity index (χ3v) is 4.92. The molecule has 0 unspecified atom stereocenters. The number of alkyl halides is 1. The number of hydrogen-bond donors (Lipinski definition) is 3. The van der Waals surface area contributed by atoms with Crippen molar-refractivity contribution < 1.29 is 14.2 Å². The van der Waals surface area contributed by atoms with Crippen molar-refractivity contribution >= 4 is 17.3 Å². The molecule has 2 atom stereocenters. The smallest absolute Gasteiger partial charge is 0.243 e. The molecule has 2 aliphatic rings. The second-order valence-electron chi connectivity index (χ2n) is 6.82. The number of aromatic amines is 1. The fourth-order valence-corrected chi connectivity index (χ4v) is 3.46. The first-order chi connectivity index (χ1) is 13.2. The van der Waals surface area contributed by atoms with Gasteiger partial charge in [0.2, 0.25) is 5.95 Å². The van der Waals surface area contributed by atoms with Crippen molar-refractivity contribution in [3.05, 3.63) is 18.7 Å². The Labute approximate surface area is 153 Å². The molecule has 11 heteroatoms. The first kappa shape index (κ1) is 16.4. The number of nitrogens with one attached hydrogen (secondary N) is 2. The topological polar surface area (TPSA) is 116 Å². The summed E-state index contributed by atoms with van der Waals surface area (Å²) >= 11 is 0. The molecule has 3 aromatic rings. The lowest BCUT2D eigenvalue weighted by molar-refractivity contribution is 0.0284. The van der Waals surface area contributed by atoms with E-state index in [9.17, 15) is 9.50 Å². The van der Waals surface area contributed by atoms with Gasteiger partial charge in [-0.05, 0) is 6.42 Å². The van der Waals surface area contributed by atoms with Crippen molar-refractivity contribution in [1.82, 2.24) is 29.8 Å². The molecule has 5 heterocycles. The quantitative estimate of drug-likeness (QED) is 0.594. The van der Waals surface area contributed by atoms with E-state index in [1.54, 1.807) is 23.2 Å². The molecule has 0 bridgehead atoms. The predicted molar refractivity (Wildman–Crippen MR) is 94.3 cm³/mol. The number of aromatic nitrogens is 6. The molecule has 0 aliphatic carbocycles. The highest BCUT2D eigenvalue weighted by molar-refractivity contribution is 5.85. The van der Waals surface area contributed by atoms with Gasteiger partial charge in [-0.1, -0.05) is 0 Å². The number of β-amino-alcohol motifs (C(OH)–C–C–N with tert-alkyl or cyclic N) is 1. The van der Waals surface area contributed by atoms with Crippen LogP contribution in [0.3, 0.4) is 0 Å². The SMILES string of the molecule is OC1CN(c2c(-c3cn[nH]c3)ncn3nc(N[C@H]4CCOC[C@H]4F)nc23)C1. The summed E-state index contributed by atoms with van der Waals surface area (Å²) in [7, 11) is 0. The minimum atomic E-state index is -1.10. The van der Waals surface area contributed by atoms with Crippen molar-refractivity contribution in [2.75, 3.05) is 36.5 Å². The summed E-state index contributed by atoms with van der Waals surface area (Å²) in [5.74, 6) is 0.345. The fraction of sp³-hybridized carbons (Fsp3) is 0.500. The summed E-state index contributed by atoms with van der Waals surface area (Å²) in [5.41, 5.74) is 2.89. The van der Waals surface area contributed by atoms with E-state index in [0.717, 1.165) is 11.3 Å². The number of hydrogen-bond acceptors (Lipinski definition) is 8. The predicted octanol–water partition coefficient (Wildman–Crippen LogP) is 0.234. The molecule has 0 saturated carbocycles. The van der Waals surface area contributed by atoms with Crippen LogP contribution in [0.5, 0.6) is 0 Å². The van der Waals surface area contributed by atoms with Gasteiger partial charge in [-0.25, -0.2) is 9.37 Å². The zero-order chi connectivity index (χ0) is 18.4. The molecule has 0 aromatic carbocycles. The first-order valence-electron chi connectivity index (χ1n) is 8.85. The molecule has 0 radical (unpaired) electrons. The van der Waals surface area contributed by atoms with E-state index in [4.69, 9.17) is 4.74 Å². The van der Waals surface area contributed by atoms with Crippen LogP contribution in [0.4, 0.5) is 16.0 Å². The zero-order valence-corrected chi connectivity index (χ0v) is 14.4. The van der Waals surface area contributed by atoms with Crippen LogP contribution in [-0.4, -0.2) is 79.5 Å². The third kappa shape index (κ3) is 2.88. The Morgan fingerprint density at radius 3 is 3.00 bits per heavy atom. The highest BCUT2D eigenvalue weighted by atomic mass is 19.1. The molecule has 3 aromatic heterocycles. The molecule has 5 rings (SSSR count). The van der Waals surface area contributed by atoms with Crippen molar-refractivity contribution in [2.24, 2.45) is 0 Å². The molecule has 0 amide bonds. The second kappa shape index (κ2) is 6.43. The van der Waals surface area contributed by atoms with Crippen LogP contribution < -0.4 is 10.2 Å². The number of halogens is 1. The largest absolute Gasteiger partial charge is 0.389 e. The standard InChI is InChI=1S/C16H19FN8O2/c17-11-7-27-2-1-12(11)21-16-22-15-14(24-5-10(26)6-24)13(9-3-19-20-4-9)18-8-25(15)23-16/h3-4,8,10-12,26H,1-2,5-7H2,(H,19,20)(H,21,23)/t11-,12+/m1/s1. The summed E-state index contributed by atoms with van der Waals surface area (Å²) in [6, 6.07) is -0.383. The number of aliphatic hydroxyl groups is 1. The normalized spacial score (nSPS) is 23.6. The van der Waals surface area contributed by atoms with Crippen LogP contribution in [0.2, 0.25) is 0 Å². The number of rotatable bonds is 4. The number of ether oxygens (including phenoxy) is 1. The Morgan fingerprint density at radius 1 is 1.37 bits per heavy atom. The molecule has 27 heavy (non-hydrogen) atoms. The van der Waals surface area contributed by atoms with Gasteiger partial charge in [0.15, 0.2) is 5.65 Å². The average Bonchev–Trinajstić information content (AvgIpc) is 3.29. The van der Waals surface area contributed by atoms with Crippen molar-refractivity contribution in [3.63, 3.8) is 0 Å². The third-order valence-electron chi connectivity index (χ3n) is 4.92. The van der Waals surface area contributed by atoms with Crippen molar-refractivity contribution in [3.8, 4) is 11.3 Å². The maximum Gasteiger partial charge on any atom is 0.243 e. The van der Waals surface area contributed by atoms with Crippen LogP contribution >= 0.6 is 0 Å². The number of anilines is 2. The minimum Gasteiger partial charge on any atom is -0.389 e. The lowest BCUT2D eigenvalue weighted by Crippen LogP contribution is -2.51. The Kier molecular flexibility index (Phi) is 3.90. The number of H-pyrrole nitrogens is 1. The minimum absolute atomic E-state index is 0.0775. The van der Waals surface area contributed by atoms with Gasteiger partial charge in [0, 0.05) is 31.5 Å². The van der Waals surface area contributed by atoms with E-state index in [-0.39, 0.29) is 18.8 Å². The van der Waals surface area contributed by atoms with Crippen molar-refractivity contribution in [2.45, 2.75) is 24.7 Å². The number of nitrogens with zero attached hydrogens (tertiary/aromatic N) is 6. The van der Waals surface area contributed by atoms with Gasteiger partial charge in [0.1, 0.15) is 23.9 Å². The van der Waals surface area contributed by atoms with Gasteiger partial charge >= 0.3 is 0 Å². The Hall–Kier alpha value is -2.79. The van der Waals surface area contributed by atoms with Crippen LogP contribution in [0.15, 0.2) is 18.7 Å². The monoisotopic (exact) mass is 374 g/mol. The zero-order valence-electron chi connectivity index (χ0n) is 14.4. The molecule has 142 valence electrons. The van der Waals surface area contributed by atoms with Gasteiger partial charge in [-0.2, -0.15) is 14.6 Å². The Bertz CT molecular complexity index is 939. The molecular weight excluding hydrogens is 355 g/mol. The molecule has 2 aliphatic heterocycles. The lowest BCUT2D eigenvalue weighted by Gasteiger charge is -2.38. The highest BCUT2D eigenvalue weighted by Crippen LogP contribution is 2.34. The van der Waals surface area contributed by atoms with Gasteiger partial charge in [-0.15, -0.1) is 5.10 Å². The van der Waals surface area contributed by atoms with Crippen LogP contribution in [0.25, 0.3) is 16.9 Å². The average molecular weight is 374 g/mol. The maximum atomic E-state index is 14.0. The summed E-state index contributed by atoms with van der Waals surface area (Å²) in [6.45, 7) is 1.57. The maximum absolute atomic E-state index is 14.0. The van der Waals surface area contributed by atoms with Crippen LogP contribution in [0, 0.1) is 0 Å². The first-order valence-corrected chi connectivity index (χ1v) is 8.85. The molecule has 2 saturated heterocycles.